The van der Waals surface area contributed by atoms with Crippen molar-refractivity contribution in [3.63, 3.8) is 0 Å². The summed E-state index contributed by atoms with van der Waals surface area (Å²) in [5.41, 5.74) is 16.5. The second-order valence-electron chi connectivity index (χ2n) is 16.1. The second kappa shape index (κ2) is 14.7. The van der Waals surface area contributed by atoms with E-state index in [2.05, 4.69) is 169 Å². The summed E-state index contributed by atoms with van der Waals surface area (Å²) in [6.07, 6.45) is 16.0. The fourth-order valence-electron chi connectivity index (χ4n) is 9.29. The molecule has 13 rings (SSSR count). The van der Waals surface area contributed by atoms with E-state index in [-0.39, 0.29) is 5.37 Å². The number of nitrogens with one attached hydrogen (secondary N) is 2. The van der Waals surface area contributed by atoms with Crippen molar-refractivity contribution in [1.29, 1.82) is 0 Å². The smallest absolute Gasteiger partial charge is 0.105 e. The molecule has 8 nitrogen and oxygen atoms in total. The van der Waals surface area contributed by atoms with Gasteiger partial charge in [-0.1, -0.05) is 48.5 Å². The van der Waals surface area contributed by atoms with E-state index in [9.17, 15) is 0 Å². The van der Waals surface area contributed by atoms with E-state index in [1.165, 1.54) is 0 Å². The molecule has 4 aromatic carbocycles. The minimum Gasteiger partial charge on any atom is -0.368 e. The molecule has 4 aliphatic heterocycles. The van der Waals surface area contributed by atoms with Gasteiger partial charge in [-0.2, -0.15) is 0 Å². The number of fused-ring (bicyclic) bond motifs is 10. The normalized spacial score (nSPS) is 16.9. The predicted molar refractivity (Wildman–Crippen MR) is 262 cm³/mol. The van der Waals surface area contributed by atoms with Crippen LogP contribution >= 0.6 is 11.8 Å². The number of hydrogen-bond donors (Lipinski definition) is 2. The SMILES string of the molecule is C1=CC2=C(c3ccc4ncccc4c3)C3=CSC(N3)C(c3ccc4ncccc4c3)=C3C=CC(=N3)C(c3ccc4ncccc4c3)=c3ccc([nH]3)=C(c3ccc4ncccc4c3)C1=N2. The van der Waals surface area contributed by atoms with Crippen LogP contribution in [0.25, 0.3) is 65.9 Å². The molecule has 9 heteroatoms. The van der Waals surface area contributed by atoms with Gasteiger partial charge in [0.05, 0.1) is 50.6 Å². The molecule has 1 unspecified atom stereocenters. The third-order valence-electron chi connectivity index (χ3n) is 12.3. The molecule has 9 aromatic rings. The largest absolute Gasteiger partial charge is 0.368 e. The number of aromatic nitrogens is 5. The Balaban J connectivity index is 1.12. The molecule has 0 saturated carbocycles. The van der Waals surface area contributed by atoms with Gasteiger partial charge in [0.15, 0.2) is 0 Å². The first-order valence-corrected chi connectivity index (χ1v) is 22.1. The number of benzene rings is 4. The monoisotopic (exact) mass is 838 g/mol. The average molecular weight is 839 g/mol. The quantitative estimate of drug-likeness (QED) is 0.183. The van der Waals surface area contributed by atoms with Gasteiger partial charge in [-0.05, 0) is 137 Å². The summed E-state index contributed by atoms with van der Waals surface area (Å²) in [5.74, 6) is 0. The van der Waals surface area contributed by atoms with Crippen molar-refractivity contribution in [1.82, 2.24) is 30.2 Å². The summed E-state index contributed by atoms with van der Waals surface area (Å²) >= 11 is 1.75. The molecule has 0 saturated heterocycles. The molecule has 0 amide bonds. The Labute approximate surface area is 371 Å². The average Bonchev–Trinajstić information content (AvgIpc) is 4.20. The Morgan fingerprint density at radius 3 is 1.38 bits per heavy atom. The summed E-state index contributed by atoms with van der Waals surface area (Å²) in [4.78, 5) is 33.6. The highest BCUT2D eigenvalue weighted by atomic mass is 32.2. The third kappa shape index (κ3) is 6.16. The van der Waals surface area contributed by atoms with Gasteiger partial charge in [-0.3, -0.25) is 19.9 Å². The van der Waals surface area contributed by atoms with E-state index in [4.69, 9.17) is 9.98 Å². The van der Waals surface area contributed by atoms with Crippen molar-refractivity contribution in [3.05, 3.63) is 238 Å². The number of thioether (sulfide) groups is 1. The van der Waals surface area contributed by atoms with Crippen LogP contribution in [0.2, 0.25) is 0 Å². The van der Waals surface area contributed by atoms with Crippen LogP contribution in [0.1, 0.15) is 22.3 Å². The second-order valence-corrected chi connectivity index (χ2v) is 17.1. The standard InChI is InChI=1S/C55H34N8S/c1-5-32-27-36(9-13-40(32)56-23-1)51-44-17-18-45(60-44)52(37-10-14-41-33(28-37)6-2-24-57-41)47-21-22-49(62-47)54(39-12-16-43-35(30-39)8-4-26-59-43)55-63-50(31-64-55)53(48-20-19-46(51)61-48)38-11-15-42-34(29-38)7-3-25-58-42/h1-31,55,60,63H. The maximum atomic E-state index is 5.56. The van der Waals surface area contributed by atoms with Crippen LogP contribution in [-0.2, 0) is 0 Å². The lowest BCUT2D eigenvalue weighted by Crippen LogP contribution is -2.24. The molecular formula is C55H34N8S. The van der Waals surface area contributed by atoms with Crippen LogP contribution in [-0.4, -0.2) is 41.7 Å². The molecule has 0 radical (unpaired) electrons. The van der Waals surface area contributed by atoms with Crippen molar-refractivity contribution in [2.75, 3.05) is 0 Å². The van der Waals surface area contributed by atoms with Crippen LogP contribution in [0.4, 0.5) is 0 Å². The lowest BCUT2D eigenvalue weighted by Gasteiger charge is -2.21. The number of rotatable bonds is 4. The molecule has 2 N–H and O–H groups in total. The van der Waals surface area contributed by atoms with Gasteiger partial charge < -0.3 is 10.3 Å². The summed E-state index contributed by atoms with van der Waals surface area (Å²) in [6, 6.07) is 46.6. The molecule has 9 heterocycles. The number of aliphatic imine (C=N–C) groups is 2. The maximum Gasteiger partial charge on any atom is 0.105 e. The van der Waals surface area contributed by atoms with E-state index in [0.717, 1.165) is 127 Å². The first-order chi connectivity index (χ1) is 31.7. The number of nitrogens with zero attached hydrogens (tertiary/aromatic N) is 6. The maximum absolute atomic E-state index is 5.56. The van der Waals surface area contributed by atoms with Crippen molar-refractivity contribution < 1.29 is 0 Å². The zero-order chi connectivity index (χ0) is 42.1. The van der Waals surface area contributed by atoms with E-state index >= 15 is 0 Å². The van der Waals surface area contributed by atoms with E-state index in [1.807, 2.05) is 49.1 Å². The Hall–Kier alpha value is -8.27. The number of H-pyrrole nitrogens is 1. The topological polar surface area (TPSA) is 104 Å². The Morgan fingerprint density at radius 2 is 0.859 bits per heavy atom. The predicted octanol–water partition coefficient (Wildman–Crippen LogP) is 9.97. The molecular weight excluding hydrogens is 805 g/mol. The number of pyridine rings is 4. The van der Waals surface area contributed by atoms with E-state index < -0.39 is 0 Å². The molecule has 8 bridgehead atoms. The molecule has 300 valence electrons. The zero-order valence-corrected chi connectivity index (χ0v) is 34.9. The summed E-state index contributed by atoms with van der Waals surface area (Å²) in [7, 11) is 0. The minimum absolute atomic E-state index is 0.174. The van der Waals surface area contributed by atoms with Crippen molar-refractivity contribution in [2.24, 2.45) is 9.98 Å². The molecule has 0 fully saturated rings. The summed E-state index contributed by atoms with van der Waals surface area (Å²) in [5, 5.41) is 12.2. The van der Waals surface area contributed by atoms with Gasteiger partial charge in [0.25, 0.3) is 0 Å². The fraction of sp³-hybridized carbons (Fsp3) is 0.0182. The van der Waals surface area contributed by atoms with Crippen molar-refractivity contribution in [3.8, 4) is 0 Å². The number of allylic oxidation sites excluding steroid dienone is 5. The van der Waals surface area contributed by atoms with E-state index in [0.29, 0.717) is 0 Å². The lowest BCUT2D eigenvalue weighted by molar-refractivity contribution is 0.916. The first kappa shape index (κ1) is 36.4. The molecule has 0 spiro atoms. The summed E-state index contributed by atoms with van der Waals surface area (Å²) < 4.78 is 0. The van der Waals surface area contributed by atoms with Gasteiger partial charge in [-0.25, -0.2) is 9.98 Å². The zero-order valence-electron chi connectivity index (χ0n) is 34.1. The van der Waals surface area contributed by atoms with Crippen LogP contribution in [0, 0.1) is 0 Å². The Kier molecular flexibility index (Phi) is 8.35. The molecule has 4 aliphatic rings. The van der Waals surface area contributed by atoms with Crippen LogP contribution < -0.4 is 16.0 Å². The van der Waals surface area contributed by atoms with Gasteiger partial charge in [-0.15, -0.1) is 11.8 Å². The first-order valence-electron chi connectivity index (χ1n) is 21.2. The van der Waals surface area contributed by atoms with Crippen LogP contribution in [0.15, 0.2) is 215 Å². The highest BCUT2D eigenvalue weighted by molar-refractivity contribution is 8.03. The third-order valence-corrected chi connectivity index (χ3v) is 13.3. The van der Waals surface area contributed by atoms with Gasteiger partial charge in [0.1, 0.15) is 5.37 Å². The van der Waals surface area contributed by atoms with E-state index in [1.54, 1.807) is 11.8 Å². The van der Waals surface area contributed by atoms with Crippen molar-refractivity contribution in [2.45, 2.75) is 5.37 Å². The van der Waals surface area contributed by atoms with Gasteiger partial charge in [0, 0.05) is 79.3 Å². The molecule has 64 heavy (non-hydrogen) atoms. The molecule has 5 aromatic heterocycles. The van der Waals surface area contributed by atoms with Gasteiger partial charge in [0.2, 0.25) is 0 Å². The van der Waals surface area contributed by atoms with Crippen LogP contribution in [0.3, 0.4) is 0 Å². The number of hydrogen-bond acceptors (Lipinski definition) is 8. The van der Waals surface area contributed by atoms with Crippen molar-refractivity contribution >= 4 is 89.1 Å². The lowest BCUT2D eigenvalue weighted by atomic mass is 9.97. The summed E-state index contributed by atoms with van der Waals surface area (Å²) in [6.45, 7) is 0. The number of aromatic amines is 1. The Bertz CT molecular complexity index is 3860. The fourth-order valence-corrected chi connectivity index (χ4v) is 10.3. The van der Waals surface area contributed by atoms with Crippen LogP contribution in [0.5, 0.6) is 0 Å². The Morgan fingerprint density at radius 1 is 0.422 bits per heavy atom. The molecule has 1 atom stereocenters. The highest BCUT2D eigenvalue weighted by Gasteiger charge is 2.30. The highest BCUT2D eigenvalue weighted by Crippen LogP contribution is 2.43. The van der Waals surface area contributed by atoms with Gasteiger partial charge >= 0.3 is 0 Å². The molecule has 0 aliphatic carbocycles. The minimum atomic E-state index is -0.174.